The lowest BCUT2D eigenvalue weighted by molar-refractivity contribution is 0.0828. The Hall–Kier alpha value is -3.32. The van der Waals surface area contributed by atoms with Crippen LogP contribution in [0.5, 0.6) is 5.75 Å². The molecule has 2 N–H and O–H groups in total. The number of benzene rings is 1. The number of rotatable bonds is 5. The number of furan rings is 1. The number of nitrogens with one attached hydrogen (secondary N) is 2. The zero-order valence-corrected chi connectivity index (χ0v) is 14.2. The first kappa shape index (κ1) is 17.5. The van der Waals surface area contributed by atoms with E-state index in [1.54, 1.807) is 6.07 Å². The molecule has 3 rings (SSSR count). The van der Waals surface area contributed by atoms with Crippen molar-refractivity contribution in [3.05, 3.63) is 83.0 Å². The summed E-state index contributed by atoms with van der Waals surface area (Å²) in [5.74, 6) is 0.102. The molecule has 0 aliphatic carbocycles. The van der Waals surface area contributed by atoms with Gasteiger partial charge in [0.05, 0.1) is 5.56 Å². The van der Waals surface area contributed by atoms with Crippen LogP contribution in [0.25, 0.3) is 0 Å². The van der Waals surface area contributed by atoms with Crippen molar-refractivity contribution < 1.29 is 18.7 Å². The number of carbonyl (C=O) groups is 2. The topological polar surface area (TPSA) is 93.5 Å². The molecule has 8 heteroatoms. The van der Waals surface area contributed by atoms with Gasteiger partial charge in [-0.2, -0.15) is 0 Å². The molecule has 0 unspecified atom stereocenters. The Labute approximate surface area is 153 Å². The van der Waals surface area contributed by atoms with Crippen LogP contribution in [0.3, 0.4) is 0 Å². The molecule has 0 radical (unpaired) electrons. The normalized spacial score (nSPS) is 10.2. The molecule has 0 fully saturated rings. The van der Waals surface area contributed by atoms with Gasteiger partial charge in [0, 0.05) is 6.20 Å². The van der Waals surface area contributed by atoms with Crippen molar-refractivity contribution >= 4 is 23.4 Å². The van der Waals surface area contributed by atoms with Gasteiger partial charge in [-0.1, -0.05) is 29.8 Å². The summed E-state index contributed by atoms with van der Waals surface area (Å²) in [6.45, 7) is 0.181. The summed E-state index contributed by atoms with van der Waals surface area (Å²) in [5.41, 5.74) is 4.79. The molecule has 0 aliphatic heterocycles. The number of para-hydroxylation sites is 1. The van der Waals surface area contributed by atoms with E-state index in [-0.39, 0.29) is 23.1 Å². The number of halogens is 1. The fourth-order valence-corrected chi connectivity index (χ4v) is 2.12. The second-order valence-corrected chi connectivity index (χ2v) is 5.53. The van der Waals surface area contributed by atoms with Gasteiger partial charge >= 0.3 is 5.91 Å². The van der Waals surface area contributed by atoms with Gasteiger partial charge in [-0.3, -0.25) is 20.4 Å². The number of hydrogen-bond donors (Lipinski definition) is 2. The molecule has 1 aromatic carbocycles. The highest BCUT2D eigenvalue weighted by Crippen LogP contribution is 2.14. The molecular weight excluding hydrogens is 358 g/mol. The number of pyridine rings is 1. The van der Waals surface area contributed by atoms with Gasteiger partial charge in [0.15, 0.2) is 5.76 Å². The molecule has 7 nitrogen and oxygen atoms in total. The summed E-state index contributed by atoms with van der Waals surface area (Å²) < 4.78 is 10.9. The van der Waals surface area contributed by atoms with Crippen molar-refractivity contribution in [1.82, 2.24) is 15.8 Å². The molecule has 0 atom stereocenters. The van der Waals surface area contributed by atoms with Gasteiger partial charge in [0.1, 0.15) is 23.3 Å². The average Bonchev–Trinajstić information content (AvgIpc) is 3.15. The van der Waals surface area contributed by atoms with E-state index < -0.39 is 11.8 Å². The Morgan fingerprint density at radius 2 is 1.77 bits per heavy atom. The maximum Gasteiger partial charge on any atom is 0.305 e. The number of ether oxygens (including phenoxy) is 1. The average molecular weight is 372 g/mol. The minimum absolute atomic E-state index is 0.0474. The molecule has 0 bridgehead atoms. The van der Waals surface area contributed by atoms with Crippen molar-refractivity contribution in [2.75, 3.05) is 0 Å². The van der Waals surface area contributed by atoms with Gasteiger partial charge in [-0.25, -0.2) is 4.98 Å². The van der Waals surface area contributed by atoms with Crippen LogP contribution in [0.4, 0.5) is 0 Å². The first-order valence-electron chi connectivity index (χ1n) is 7.60. The standard InChI is InChI=1S/C18H14ClN3O4/c19-16-9-6-12(10-20-16)17(23)21-22-18(24)15-8-7-14(26-15)11-25-13-4-2-1-3-5-13/h1-10H,11H2,(H,21,23)(H,22,24). The van der Waals surface area contributed by atoms with E-state index in [1.165, 1.54) is 24.4 Å². The number of hydrogen-bond acceptors (Lipinski definition) is 5. The molecule has 2 aromatic heterocycles. The summed E-state index contributed by atoms with van der Waals surface area (Å²) >= 11 is 5.66. The van der Waals surface area contributed by atoms with Crippen LogP contribution in [-0.2, 0) is 6.61 Å². The summed E-state index contributed by atoms with van der Waals surface area (Å²) in [7, 11) is 0. The quantitative estimate of drug-likeness (QED) is 0.531. The van der Waals surface area contributed by atoms with Gasteiger partial charge in [-0.05, 0) is 36.4 Å². The monoisotopic (exact) mass is 371 g/mol. The van der Waals surface area contributed by atoms with Crippen molar-refractivity contribution in [2.45, 2.75) is 6.61 Å². The Kier molecular flexibility index (Phi) is 5.50. The van der Waals surface area contributed by atoms with Crippen LogP contribution >= 0.6 is 11.6 Å². The second kappa shape index (κ2) is 8.17. The molecule has 0 saturated heterocycles. The maximum atomic E-state index is 12.0. The third-order valence-electron chi connectivity index (χ3n) is 3.29. The molecule has 2 amide bonds. The summed E-state index contributed by atoms with van der Waals surface area (Å²) in [4.78, 5) is 27.7. The van der Waals surface area contributed by atoms with E-state index in [9.17, 15) is 9.59 Å². The number of carbonyl (C=O) groups excluding carboxylic acids is 2. The number of amides is 2. The minimum Gasteiger partial charge on any atom is -0.486 e. The SMILES string of the molecule is O=C(NNC(=O)c1ccc(COc2ccccc2)o1)c1ccc(Cl)nc1. The molecule has 0 saturated carbocycles. The van der Waals surface area contributed by atoms with Gasteiger partial charge in [0.25, 0.3) is 5.91 Å². The minimum atomic E-state index is -0.591. The molecule has 26 heavy (non-hydrogen) atoms. The van der Waals surface area contributed by atoms with Crippen molar-refractivity contribution in [3.63, 3.8) is 0 Å². The van der Waals surface area contributed by atoms with Crippen molar-refractivity contribution in [1.29, 1.82) is 0 Å². The fourth-order valence-electron chi connectivity index (χ4n) is 2.01. The third kappa shape index (κ3) is 4.61. The number of nitrogens with zero attached hydrogens (tertiary/aromatic N) is 1. The van der Waals surface area contributed by atoms with E-state index in [2.05, 4.69) is 15.8 Å². The summed E-state index contributed by atoms with van der Waals surface area (Å²) in [5, 5.41) is 0.270. The van der Waals surface area contributed by atoms with Crippen LogP contribution in [0.15, 0.2) is 65.2 Å². The highest BCUT2D eigenvalue weighted by atomic mass is 35.5. The largest absolute Gasteiger partial charge is 0.486 e. The maximum absolute atomic E-state index is 12.0. The Morgan fingerprint density at radius 1 is 1.00 bits per heavy atom. The Balaban J connectivity index is 1.51. The van der Waals surface area contributed by atoms with E-state index in [4.69, 9.17) is 20.8 Å². The first-order chi connectivity index (χ1) is 12.6. The molecule has 3 aromatic rings. The van der Waals surface area contributed by atoms with Gasteiger partial charge < -0.3 is 9.15 Å². The number of hydrazine groups is 1. The van der Waals surface area contributed by atoms with Crippen LogP contribution in [-0.4, -0.2) is 16.8 Å². The molecule has 132 valence electrons. The van der Waals surface area contributed by atoms with Gasteiger partial charge in [0.2, 0.25) is 0 Å². The lowest BCUT2D eigenvalue weighted by Crippen LogP contribution is -2.41. The van der Waals surface area contributed by atoms with Crippen LogP contribution in [0, 0.1) is 0 Å². The highest BCUT2D eigenvalue weighted by Gasteiger charge is 2.13. The van der Waals surface area contributed by atoms with Crippen LogP contribution in [0.1, 0.15) is 26.7 Å². The molecular formula is C18H14ClN3O4. The van der Waals surface area contributed by atoms with Crippen LogP contribution < -0.4 is 15.6 Å². The number of aromatic nitrogens is 1. The summed E-state index contributed by atoms with van der Waals surface area (Å²) in [6, 6.07) is 15.3. The van der Waals surface area contributed by atoms with E-state index >= 15 is 0 Å². The molecule has 2 heterocycles. The predicted molar refractivity (Wildman–Crippen MR) is 93.7 cm³/mol. The Bertz CT molecular complexity index is 894. The second-order valence-electron chi connectivity index (χ2n) is 5.15. The molecule has 0 aliphatic rings. The predicted octanol–water partition coefficient (Wildman–Crippen LogP) is 2.98. The van der Waals surface area contributed by atoms with E-state index in [0.717, 1.165) is 0 Å². The fraction of sp³-hybridized carbons (Fsp3) is 0.0556. The Morgan fingerprint density at radius 3 is 2.50 bits per heavy atom. The smallest absolute Gasteiger partial charge is 0.305 e. The summed E-state index contributed by atoms with van der Waals surface area (Å²) in [6.07, 6.45) is 1.30. The van der Waals surface area contributed by atoms with E-state index in [0.29, 0.717) is 11.5 Å². The zero-order valence-electron chi connectivity index (χ0n) is 13.4. The first-order valence-corrected chi connectivity index (χ1v) is 7.98. The van der Waals surface area contributed by atoms with Crippen molar-refractivity contribution in [2.24, 2.45) is 0 Å². The van der Waals surface area contributed by atoms with Crippen molar-refractivity contribution in [3.8, 4) is 5.75 Å². The lowest BCUT2D eigenvalue weighted by Gasteiger charge is -2.06. The van der Waals surface area contributed by atoms with E-state index in [1.807, 2.05) is 30.3 Å². The van der Waals surface area contributed by atoms with Crippen LogP contribution in [0.2, 0.25) is 5.15 Å². The third-order valence-corrected chi connectivity index (χ3v) is 3.51. The lowest BCUT2D eigenvalue weighted by atomic mass is 10.3. The van der Waals surface area contributed by atoms with Gasteiger partial charge in [-0.15, -0.1) is 0 Å². The molecule has 0 spiro atoms. The highest BCUT2D eigenvalue weighted by molar-refractivity contribution is 6.29. The zero-order chi connectivity index (χ0) is 18.4.